The maximum Gasteiger partial charge on any atom is 0.0658 e. The van der Waals surface area contributed by atoms with Crippen LogP contribution in [-0.4, -0.2) is 33.8 Å². The Kier molecular flexibility index (Phi) is 2.96. The predicted octanol–water partition coefficient (Wildman–Crippen LogP) is 2.46. The van der Waals surface area contributed by atoms with Gasteiger partial charge in [-0.25, -0.2) is 0 Å². The van der Waals surface area contributed by atoms with E-state index in [9.17, 15) is 0 Å². The van der Waals surface area contributed by atoms with Crippen molar-refractivity contribution >= 4 is 0 Å². The van der Waals surface area contributed by atoms with Crippen molar-refractivity contribution in [2.24, 2.45) is 0 Å². The molecule has 0 aromatic carbocycles. The van der Waals surface area contributed by atoms with Crippen LogP contribution in [0.2, 0.25) is 0 Å². The molecule has 2 aliphatic rings. The molecule has 0 N–H and O–H groups in total. The topological polar surface area (TPSA) is 21.1 Å². The molecule has 1 aliphatic heterocycles. The van der Waals surface area contributed by atoms with Gasteiger partial charge in [-0.05, 0) is 25.3 Å². The van der Waals surface area contributed by atoms with E-state index in [2.05, 4.69) is 20.9 Å². The Labute approximate surface area is 97.4 Å². The van der Waals surface area contributed by atoms with Crippen molar-refractivity contribution in [2.75, 3.05) is 13.1 Å². The fraction of sp³-hybridized carbons (Fsp3) is 0.769. The highest BCUT2D eigenvalue weighted by atomic mass is 15.3. The zero-order valence-corrected chi connectivity index (χ0v) is 9.89. The van der Waals surface area contributed by atoms with Crippen LogP contribution in [0, 0.1) is 0 Å². The second-order valence-electron chi connectivity index (χ2n) is 5.22. The Morgan fingerprint density at radius 3 is 2.62 bits per heavy atom. The van der Waals surface area contributed by atoms with E-state index < -0.39 is 0 Å². The van der Waals surface area contributed by atoms with E-state index in [-0.39, 0.29) is 0 Å². The van der Waals surface area contributed by atoms with Gasteiger partial charge in [-0.3, -0.25) is 9.58 Å². The van der Waals surface area contributed by atoms with Crippen molar-refractivity contribution in [2.45, 2.75) is 50.6 Å². The van der Waals surface area contributed by atoms with Crippen LogP contribution >= 0.6 is 0 Å². The lowest BCUT2D eigenvalue weighted by Crippen LogP contribution is -2.35. The normalized spacial score (nSPS) is 28.6. The van der Waals surface area contributed by atoms with E-state index >= 15 is 0 Å². The zero-order chi connectivity index (χ0) is 10.8. The SMILES string of the molecule is c1cnn(C2CCN(C3CCCCC3)C2)c1. The van der Waals surface area contributed by atoms with E-state index in [1.165, 1.54) is 51.6 Å². The molecule has 0 spiro atoms. The van der Waals surface area contributed by atoms with Gasteiger partial charge in [0.05, 0.1) is 6.04 Å². The summed E-state index contributed by atoms with van der Waals surface area (Å²) in [5.41, 5.74) is 0. The van der Waals surface area contributed by atoms with Crippen molar-refractivity contribution in [1.29, 1.82) is 0 Å². The van der Waals surface area contributed by atoms with Crippen molar-refractivity contribution in [3.05, 3.63) is 18.5 Å². The Morgan fingerprint density at radius 1 is 1.00 bits per heavy atom. The minimum Gasteiger partial charge on any atom is -0.298 e. The summed E-state index contributed by atoms with van der Waals surface area (Å²) in [6.45, 7) is 2.49. The molecule has 0 radical (unpaired) electrons. The molecule has 1 atom stereocenters. The standard InChI is InChI=1S/C13H21N3/c1-2-5-12(6-3-1)15-10-7-13(11-15)16-9-4-8-14-16/h4,8-9,12-13H,1-3,5-7,10-11H2. The lowest BCUT2D eigenvalue weighted by molar-refractivity contribution is 0.184. The van der Waals surface area contributed by atoms with Crippen molar-refractivity contribution in [1.82, 2.24) is 14.7 Å². The van der Waals surface area contributed by atoms with E-state index in [4.69, 9.17) is 0 Å². The third-order valence-electron chi connectivity index (χ3n) is 4.18. The highest BCUT2D eigenvalue weighted by Crippen LogP contribution is 2.29. The van der Waals surface area contributed by atoms with Crippen molar-refractivity contribution < 1.29 is 0 Å². The molecular weight excluding hydrogens is 198 g/mol. The lowest BCUT2D eigenvalue weighted by atomic mass is 9.94. The van der Waals surface area contributed by atoms with Gasteiger partial charge < -0.3 is 0 Å². The minimum absolute atomic E-state index is 0.622. The molecule has 1 saturated heterocycles. The summed E-state index contributed by atoms with van der Waals surface area (Å²) in [7, 11) is 0. The number of hydrogen-bond acceptors (Lipinski definition) is 2. The maximum atomic E-state index is 4.37. The van der Waals surface area contributed by atoms with Crippen LogP contribution in [0.5, 0.6) is 0 Å². The fourth-order valence-corrected chi connectivity index (χ4v) is 3.26. The first-order valence-electron chi connectivity index (χ1n) is 6.66. The summed E-state index contributed by atoms with van der Waals surface area (Å²) >= 11 is 0. The molecule has 2 fully saturated rings. The van der Waals surface area contributed by atoms with Crippen molar-refractivity contribution in [3.63, 3.8) is 0 Å². The van der Waals surface area contributed by atoms with E-state index in [1.807, 2.05) is 12.3 Å². The molecule has 88 valence electrons. The van der Waals surface area contributed by atoms with Crippen LogP contribution in [-0.2, 0) is 0 Å². The smallest absolute Gasteiger partial charge is 0.0658 e. The van der Waals surface area contributed by atoms with Crippen LogP contribution < -0.4 is 0 Å². The lowest BCUT2D eigenvalue weighted by Gasteiger charge is -2.30. The van der Waals surface area contributed by atoms with Gasteiger partial charge >= 0.3 is 0 Å². The van der Waals surface area contributed by atoms with Gasteiger partial charge in [0, 0.05) is 31.5 Å². The predicted molar refractivity (Wildman–Crippen MR) is 64.3 cm³/mol. The van der Waals surface area contributed by atoms with Crippen LogP contribution in [0.4, 0.5) is 0 Å². The van der Waals surface area contributed by atoms with E-state index in [0.717, 1.165) is 6.04 Å². The van der Waals surface area contributed by atoms with Crippen LogP contribution in [0.3, 0.4) is 0 Å². The summed E-state index contributed by atoms with van der Waals surface area (Å²) in [6.07, 6.45) is 12.4. The molecule has 1 aromatic rings. The monoisotopic (exact) mass is 219 g/mol. The highest BCUT2D eigenvalue weighted by molar-refractivity contribution is 4.89. The summed E-state index contributed by atoms with van der Waals surface area (Å²) in [6, 6.07) is 3.52. The van der Waals surface area contributed by atoms with Crippen LogP contribution in [0.25, 0.3) is 0 Å². The average Bonchev–Trinajstić information content (AvgIpc) is 3.01. The third-order valence-corrected chi connectivity index (χ3v) is 4.18. The molecule has 16 heavy (non-hydrogen) atoms. The molecule has 3 heteroatoms. The van der Waals surface area contributed by atoms with Crippen LogP contribution in [0.1, 0.15) is 44.6 Å². The second-order valence-corrected chi connectivity index (χ2v) is 5.22. The number of hydrogen-bond donors (Lipinski definition) is 0. The molecule has 0 bridgehead atoms. The summed E-state index contributed by atoms with van der Waals surface area (Å²) in [4.78, 5) is 2.70. The maximum absolute atomic E-state index is 4.37. The third kappa shape index (κ3) is 2.01. The zero-order valence-electron chi connectivity index (χ0n) is 9.89. The Bertz CT molecular complexity index is 314. The molecule has 2 heterocycles. The number of rotatable bonds is 2. The average molecular weight is 219 g/mol. The summed E-state index contributed by atoms with van der Waals surface area (Å²) < 4.78 is 2.14. The molecule has 1 saturated carbocycles. The van der Waals surface area contributed by atoms with E-state index in [1.54, 1.807) is 0 Å². The van der Waals surface area contributed by atoms with Gasteiger partial charge in [-0.1, -0.05) is 19.3 Å². The molecule has 3 rings (SSSR count). The molecule has 1 unspecified atom stereocenters. The number of likely N-dealkylation sites (tertiary alicyclic amines) is 1. The minimum atomic E-state index is 0.622. The van der Waals surface area contributed by atoms with Gasteiger partial charge in [-0.15, -0.1) is 0 Å². The number of nitrogens with zero attached hydrogens (tertiary/aromatic N) is 3. The first-order chi connectivity index (χ1) is 7.93. The molecule has 3 nitrogen and oxygen atoms in total. The summed E-state index contributed by atoms with van der Waals surface area (Å²) in [5, 5.41) is 4.37. The first kappa shape index (κ1) is 10.3. The van der Waals surface area contributed by atoms with Crippen LogP contribution in [0.15, 0.2) is 18.5 Å². The van der Waals surface area contributed by atoms with Gasteiger partial charge in [0.2, 0.25) is 0 Å². The quantitative estimate of drug-likeness (QED) is 0.762. The molecule has 1 aromatic heterocycles. The van der Waals surface area contributed by atoms with Gasteiger partial charge in [-0.2, -0.15) is 5.10 Å². The second kappa shape index (κ2) is 4.58. The van der Waals surface area contributed by atoms with Gasteiger partial charge in [0.15, 0.2) is 0 Å². The van der Waals surface area contributed by atoms with Gasteiger partial charge in [0.1, 0.15) is 0 Å². The molecule has 0 amide bonds. The highest BCUT2D eigenvalue weighted by Gasteiger charge is 2.29. The van der Waals surface area contributed by atoms with Gasteiger partial charge in [0.25, 0.3) is 0 Å². The fourth-order valence-electron chi connectivity index (χ4n) is 3.26. The molecule has 1 aliphatic carbocycles. The molecular formula is C13H21N3. The Hall–Kier alpha value is -0.830. The summed E-state index contributed by atoms with van der Waals surface area (Å²) in [5.74, 6) is 0. The van der Waals surface area contributed by atoms with Crippen molar-refractivity contribution in [3.8, 4) is 0 Å². The first-order valence-corrected chi connectivity index (χ1v) is 6.66. The number of aromatic nitrogens is 2. The van der Waals surface area contributed by atoms with E-state index in [0.29, 0.717) is 6.04 Å². The Morgan fingerprint density at radius 2 is 1.88 bits per heavy atom. The largest absolute Gasteiger partial charge is 0.298 e. The Balaban J connectivity index is 1.60.